The van der Waals surface area contributed by atoms with Gasteiger partial charge in [-0.05, 0) is 30.3 Å². The maximum atomic E-state index is 13.1. The van der Waals surface area contributed by atoms with Crippen LogP contribution in [0, 0.1) is 15.9 Å². The number of aliphatic hydroxyl groups excluding tert-OH is 1. The molecule has 0 saturated carbocycles. The molecule has 0 fully saturated rings. The van der Waals surface area contributed by atoms with Crippen molar-refractivity contribution in [1.29, 1.82) is 0 Å². The van der Waals surface area contributed by atoms with Crippen molar-refractivity contribution in [2.24, 2.45) is 0 Å². The van der Waals surface area contributed by atoms with Gasteiger partial charge < -0.3 is 5.11 Å². The van der Waals surface area contributed by atoms with E-state index in [1.807, 2.05) is 0 Å². The number of hydrogen-bond donors (Lipinski definition) is 1. The van der Waals surface area contributed by atoms with Crippen molar-refractivity contribution in [3.05, 3.63) is 70.2 Å². The fourth-order valence-electron chi connectivity index (χ4n) is 2.24. The highest BCUT2D eigenvalue weighted by atomic mass is 19.1. The first-order chi connectivity index (χ1) is 11.1. The zero-order valence-electron chi connectivity index (χ0n) is 11.8. The summed E-state index contributed by atoms with van der Waals surface area (Å²) in [6.07, 6.45) is 0. The zero-order valence-corrected chi connectivity index (χ0v) is 11.8. The van der Waals surface area contributed by atoms with Gasteiger partial charge in [0, 0.05) is 17.7 Å². The Balaban J connectivity index is 2.17. The third kappa shape index (κ3) is 2.79. The summed E-state index contributed by atoms with van der Waals surface area (Å²) in [4.78, 5) is 10.4. The minimum absolute atomic E-state index is 0.0893. The molecule has 23 heavy (non-hydrogen) atoms. The molecule has 0 aliphatic carbocycles. The van der Waals surface area contributed by atoms with E-state index < -0.39 is 10.7 Å². The van der Waals surface area contributed by atoms with Crippen molar-refractivity contribution in [2.75, 3.05) is 0 Å². The first-order valence-corrected chi connectivity index (χ1v) is 6.66. The number of halogens is 1. The summed E-state index contributed by atoms with van der Waals surface area (Å²) in [6, 6.07) is 11.5. The molecule has 3 aromatic rings. The highest BCUT2D eigenvalue weighted by Crippen LogP contribution is 2.27. The predicted molar refractivity (Wildman–Crippen MR) is 79.3 cm³/mol. The van der Waals surface area contributed by atoms with Gasteiger partial charge in [0.1, 0.15) is 17.2 Å². The Morgan fingerprint density at radius 3 is 2.61 bits per heavy atom. The van der Waals surface area contributed by atoms with Gasteiger partial charge >= 0.3 is 0 Å². The molecule has 0 saturated heterocycles. The van der Waals surface area contributed by atoms with Crippen molar-refractivity contribution >= 4 is 5.69 Å². The summed E-state index contributed by atoms with van der Waals surface area (Å²) < 4.78 is 14.5. The maximum absolute atomic E-state index is 13.1. The van der Waals surface area contributed by atoms with E-state index in [1.165, 1.54) is 47.1 Å². The maximum Gasteiger partial charge on any atom is 0.271 e. The number of hydrogen-bond acceptors (Lipinski definition) is 5. The van der Waals surface area contributed by atoms with E-state index in [4.69, 9.17) is 0 Å². The van der Waals surface area contributed by atoms with E-state index in [0.29, 0.717) is 22.6 Å². The third-order valence-electron chi connectivity index (χ3n) is 3.29. The van der Waals surface area contributed by atoms with Crippen LogP contribution in [-0.2, 0) is 6.61 Å². The standard InChI is InChI=1S/C15H11FN4O3/c16-11-6-4-10(5-7-11)15-14(9-21)17-18-19(15)12-2-1-3-13(8-12)20(22)23/h1-8,21H,9H2. The molecule has 1 aromatic heterocycles. The molecule has 8 heteroatoms. The molecule has 0 spiro atoms. The zero-order chi connectivity index (χ0) is 16.4. The minimum atomic E-state index is -0.509. The molecule has 116 valence electrons. The van der Waals surface area contributed by atoms with Crippen LogP contribution >= 0.6 is 0 Å². The van der Waals surface area contributed by atoms with Crippen LogP contribution in [0.2, 0.25) is 0 Å². The van der Waals surface area contributed by atoms with Crippen LogP contribution in [-0.4, -0.2) is 25.0 Å². The minimum Gasteiger partial charge on any atom is -0.390 e. The van der Waals surface area contributed by atoms with Crippen LogP contribution in [0.15, 0.2) is 48.5 Å². The predicted octanol–water partition coefficient (Wildman–Crippen LogP) is 2.47. The number of nitro groups is 1. The molecule has 0 aliphatic heterocycles. The SMILES string of the molecule is O=[N+]([O-])c1cccc(-n2nnc(CO)c2-c2ccc(F)cc2)c1. The number of aromatic nitrogens is 3. The molecule has 2 aromatic carbocycles. The van der Waals surface area contributed by atoms with Gasteiger partial charge in [0.05, 0.1) is 17.2 Å². The summed E-state index contributed by atoms with van der Waals surface area (Å²) in [5, 5.41) is 28.2. The summed E-state index contributed by atoms with van der Waals surface area (Å²) >= 11 is 0. The van der Waals surface area contributed by atoms with Crippen molar-refractivity contribution in [3.63, 3.8) is 0 Å². The molecule has 7 nitrogen and oxygen atoms in total. The number of non-ortho nitro benzene ring substituents is 1. The van der Waals surface area contributed by atoms with Gasteiger partial charge in [-0.1, -0.05) is 11.3 Å². The fraction of sp³-hybridized carbons (Fsp3) is 0.0667. The number of nitrogens with zero attached hydrogens (tertiary/aromatic N) is 4. The second-order valence-corrected chi connectivity index (χ2v) is 4.74. The summed E-state index contributed by atoms with van der Waals surface area (Å²) in [6.45, 7) is -0.359. The Bertz CT molecular complexity index is 861. The average molecular weight is 314 g/mol. The van der Waals surface area contributed by atoms with Crippen molar-refractivity contribution in [3.8, 4) is 16.9 Å². The molecule has 0 unspecified atom stereocenters. The van der Waals surface area contributed by atoms with E-state index in [1.54, 1.807) is 6.07 Å². The Hall–Kier alpha value is -3.13. The Morgan fingerprint density at radius 2 is 1.96 bits per heavy atom. The van der Waals surface area contributed by atoms with Crippen molar-refractivity contribution < 1.29 is 14.4 Å². The molecule has 1 heterocycles. The Morgan fingerprint density at radius 1 is 1.22 bits per heavy atom. The van der Waals surface area contributed by atoms with Crippen LogP contribution in [0.3, 0.4) is 0 Å². The highest BCUT2D eigenvalue weighted by molar-refractivity contribution is 5.64. The molecule has 1 N–H and O–H groups in total. The number of rotatable bonds is 4. The lowest BCUT2D eigenvalue weighted by molar-refractivity contribution is -0.384. The Kier molecular flexibility index (Phi) is 3.82. The van der Waals surface area contributed by atoms with Crippen LogP contribution < -0.4 is 0 Å². The largest absolute Gasteiger partial charge is 0.390 e. The van der Waals surface area contributed by atoms with E-state index in [2.05, 4.69) is 10.3 Å². The lowest BCUT2D eigenvalue weighted by Gasteiger charge is -2.08. The van der Waals surface area contributed by atoms with Gasteiger partial charge in [-0.2, -0.15) is 0 Å². The topological polar surface area (TPSA) is 94.1 Å². The lowest BCUT2D eigenvalue weighted by Crippen LogP contribution is -2.01. The van der Waals surface area contributed by atoms with Crippen molar-refractivity contribution in [2.45, 2.75) is 6.61 Å². The van der Waals surface area contributed by atoms with E-state index in [9.17, 15) is 19.6 Å². The van der Waals surface area contributed by atoms with Gasteiger partial charge in [-0.25, -0.2) is 9.07 Å². The fourth-order valence-corrected chi connectivity index (χ4v) is 2.24. The highest BCUT2D eigenvalue weighted by Gasteiger charge is 2.17. The van der Waals surface area contributed by atoms with Crippen LogP contribution in [0.5, 0.6) is 0 Å². The molecular formula is C15H11FN4O3. The monoisotopic (exact) mass is 314 g/mol. The molecule has 0 aliphatic rings. The van der Waals surface area contributed by atoms with E-state index >= 15 is 0 Å². The molecule has 0 radical (unpaired) electrons. The smallest absolute Gasteiger partial charge is 0.271 e. The Labute approximate surface area is 129 Å². The second kappa shape index (κ2) is 5.93. The molecular weight excluding hydrogens is 303 g/mol. The summed E-state index contributed by atoms with van der Waals surface area (Å²) in [5.74, 6) is -0.395. The molecule has 0 atom stereocenters. The number of aliphatic hydroxyl groups is 1. The van der Waals surface area contributed by atoms with Crippen LogP contribution in [0.4, 0.5) is 10.1 Å². The summed E-state index contributed by atoms with van der Waals surface area (Å²) in [7, 11) is 0. The quantitative estimate of drug-likeness (QED) is 0.589. The first-order valence-electron chi connectivity index (χ1n) is 6.66. The lowest BCUT2D eigenvalue weighted by atomic mass is 10.1. The third-order valence-corrected chi connectivity index (χ3v) is 3.29. The van der Waals surface area contributed by atoms with Gasteiger partial charge in [-0.3, -0.25) is 10.1 Å². The number of benzene rings is 2. The van der Waals surface area contributed by atoms with Gasteiger partial charge in [0.25, 0.3) is 5.69 Å². The molecule has 0 amide bonds. The number of nitro benzene ring substituents is 1. The van der Waals surface area contributed by atoms with Gasteiger partial charge in [0.15, 0.2) is 0 Å². The van der Waals surface area contributed by atoms with Crippen molar-refractivity contribution in [1.82, 2.24) is 15.0 Å². The van der Waals surface area contributed by atoms with Gasteiger partial charge in [0.2, 0.25) is 0 Å². The first kappa shape index (κ1) is 14.8. The molecule has 3 rings (SSSR count). The van der Waals surface area contributed by atoms with Crippen LogP contribution in [0.1, 0.15) is 5.69 Å². The average Bonchev–Trinajstić information content (AvgIpc) is 2.99. The van der Waals surface area contributed by atoms with E-state index in [0.717, 1.165) is 0 Å². The van der Waals surface area contributed by atoms with Crippen LogP contribution in [0.25, 0.3) is 16.9 Å². The second-order valence-electron chi connectivity index (χ2n) is 4.74. The van der Waals surface area contributed by atoms with E-state index in [-0.39, 0.29) is 12.3 Å². The van der Waals surface area contributed by atoms with Gasteiger partial charge in [-0.15, -0.1) is 5.10 Å². The molecule has 0 bridgehead atoms. The normalized spacial score (nSPS) is 10.7. The summed E-state index contributed by atoms with van der Waals surface area (Å²) in [5.41, 5.74) is 1.67.